The fraction of sp³-hybridized carbons (Fsp3) is 0.357. The van der Waals surface area contributed by atoms with Crippen LogP contribution < -0.4 is 5.32 Å². The van der Waals surface area contributed by atoms with E-state index in [2.05, 4.69) is 15.3 Å². The molecule has 0 aliphatic heterocycles. The van der Waals surface area contributed by atoms with E-state index >= 15 is 0 Å². The molecule has 1 atom stereocenters. The molecule has 2 rings (SSSR count). The molecule has 0 aliphatic rings. The van der Waals surface area contributed by atoms with E-state index in [1.54, 1.807) is 27.1 Å². The highest BCUT2D eigenvalue weighted by atomic mass is 32.2. The van der Waals surface area contributed by atoms with Crippen molar-refractivity contribution >= 4 is 32.5 Å². The Morgan fingerprint density at radius 1 is 1.27 bits per heavy atom. The Balaban J connectivity index is 2.48. The number of amides is 1. The number of hydrogen-bond donors (Lipinski definition) is 1. The number of likely N-dealkylation sites (N-methyl/N-ethyl adjacent to an activating group) is 1. The highest BCUT2D eigenvalue weighted by Crippen LogP contribution is 2.23. The van der Waals surface area contributed by atoms with Gasteiger partial charge in [-0.1, -0.05) is 0 Å². The molecule has 0 spiro atoms. The van der Waals surface area contributed by atoms with Gasteiger partial charge in [-0.05, 0) is 25.1 Å². The van der Waals surface area contributed by atoms with Crippen LogP contribution in [0.25, 0.3) is 10.9 Å². The monoisotopic (exact) mass is 322 g/mol. The molecule has 0 saturated heterocycles. The number of hydrogen-bond acceptors (Lipinski definition) is 6. The number of nitrogens with one attached hydrogen (secondary N) is 1. The van der Waals surface area contributed by atoms with Crippen LogP contribution in [0, 0.1) is 0 Å². The third-order valence-corrected chi connectivity index (χ3v) is 4.31. The number of sulfone groups is 1. The fourth-order valence-corrected chi connectivity index (χ4v) is 2.68. The smallest absolute Gasteiger partial charge is 0.244 e. The third kappa shape index (κ3) is 3.33. The summed E-state index contributed by atoms with van der Waals surface area (Å²) < 4.78 is 23.4. The van der Waals surface area contributed by atoms with Crippen molar-refractivity contribution in [3.63, 3.8) is 0 Å². The summed E-state index contributed by atoms with van der Waals surface area (Å²) in [5.74, 6) is 0.323. The number of carbonyl (C=O) groups is 1. The van der Waals surface area contributed by atoms with Crippen molar-refractivity contribution < 1.29 is 13.2 Å². The molecule has 0 radical (unpaired) electrons. The lowest BCUT2D eigenvalue weighted by Crippen LogP contribution is -2.36. The Labute approximate surface area is 129 Å². The van der Waals surface area contributed by atoms with Crippen LogP contribution in [0.15, 0.2) is 29.4 Å². The Bertz CT molecular complexity index is 818. The Hall–Kier alpha value is -2.22. The van der Waals surface area contributed by atoms with Crippen LogP contribution in [-0.4, -0.2) is 55.6 Å². The summed E-state index contributed by atoms with van der Waals surface area (Å²) in [7, 11) is 0.00627. The number of benzene rings is 1. The molecule has 0 saturated carbocycles. The third-order valence-electron chi connectivity index (χ3n) is 3.20. The highest BCUT2D eigenvalue weighted by molar-refractivity contribution is 7.90. The number of anilines is 1. The molecular weight excluding hydrogens is 304 g/mol. The van der Waals surface area contributed by atoms with Gasteiger partial charge in [0.15, 0.2) is 9.84 Å². The average Bonchev–Trinajstić information content (AvgIpc) is 2.45. The predicted molar refractivity (Wildman–Crippen MR) is 84.4 cm³/mol. The van der Waals surface area contributed by atoms with Gasteiger partial charge >= 0.3 is 0 Å². The van der Waals surface area contributed by atoms with Crippen LogP contribution in [0.4, 0.5) is 5.82 Å². The van der Waals surface area contributed by atoms with Gasteiger partial charge in [0, 0.05) is 25.7 Å². The van der Waals surface area contributed by atoms with E-state index in [-0.39, 0.29) is 10.8 Å². The van der Waals surface area contributed by atoms with Crippen LogP contribution >= 0.6 is 0 Å². The average molecular weight is 322 g/mol. The molecule has 22 heavy (non-hydrogen) atoms. The Morgan fingerprint density at radius 3 is 2.55 bits per heavy atom. The highest BCUT2D eigenvalue weighted by Gasteiger charge is 2.17. The van der Waals surface area contributed by atoms with Crippen molar-refractivity contribution in [3.8, 4) is 0 Å². The maximum atomic E-state index is 11.9. The zero-order valence-electron chi connectivity index (χ0n) is 12.9. The van der Waals surface area contributed by atoms with Gasteiger partial charge in [0.05, 0.1) is 10.4 Å². The second-order valence-electron chi connectivity index (χ2n) is 5.27. The summed E-state index contributed by atoms with van der Waals surface area (Å²) in [6.07, 6.45) is 2.51. The van der Waals surface area contributed by atoms with Gasteiger partial charge in [0.2, 0.25) is 5.91 Å². The minimum Gasteiger partial charge on any atom is -0.358 e. The molecule has 1 aromatic heterocycles. The van der Waals surface area contributed by atoms with Crippen molar-refractivity contribution in [1.82, 2.24) is 14.9 Å². The van der Waals surface area contributed by atoms with Gasteiger partial charge in [0.1, 0.15) is 18.2 Å². The van der Waals surface area contributed by atoms with E-state index in [0.717, 1.165) is 6.26 Å². The molecule has 1 amide bonds. The van der Waals surface area contributed by atoms with Gasteiger partial charge in [0.25, 0.3) is 0 Å². The van der Waals surface area contributed by atoms with Gasteiger partial charge in [-0.15, -0.1) is 0 Å². The molecule has 7 nitrogen and oxygen atoms in total. The standard InChI is InChI=1S/C14H18N4O3S/c1-9(14(19)18(2)3)17-13-11-7-10(22(4,20)21)5-6-12(11)15-8-16-13/h5-9H,1-4H3,(H,15,16,17)/t9-/m0/s1. The summed E-state index contributed by atoms with van der Waals surface area (Å²) in [6, 6.07) is 4.15. The molecule has 0 unspecified atom stereocenters. The van der Waals surface area contributed by atoms with Crippen molar-refractivity contribution in [1.29, 1.82) is 0 Å². The summed E-state index contributed by atoms with van der Waals surface area (Å²) in [5.41, 5.74) is 0.606. The molecule has 0 fully saturated rings. The molecule has 1 heterocycles. The van der Waals surface area contributed by atoms with Crippen LogP contribution in [-0.2, 0) is 14.6 Å². The predicted octanol–water partition coefficient (Wildman–Crippen LogP) is 0.922. The van der Waals surface area contributed by atoms with Crippen molar-refractivity contribution in [2.75, 3.05) is 25.7 Å². The van der Waals surface area contributed by atoms with E-state index in [1.807, 2.05) is 0 Å². The zero-order chi connectivity index (χ0) is 16.5. The Morgan fingerprint density at radius 2 is 1.95 bits per heavy atom. The van der Waals surface area contributed by atoms with Gasteiger partial charge in [-0.25, -0.2) is 18.4 Å². The quantitative estimate of drug-likeness (QED) is 0.900. The molecule has 0 bridgehead atoms. The first kappa shape index (κ1) is 16.2. The van der Waals surface area contributed by atoms with Crippen molar-refractivity contribution in [2.24, 2.45) is 0 Å². The molecule has 1 N–H and O–H groups in total. The number of aromatic nitrogens is 2. The second kappa shape index (κ2) is 5.88. The van der Waals surface area contributed by atoms with Crippen LogP contribution in [0.5, 0.6) is 0 Å². The van der Waals surface area contributed by atoms with E-state index in [9.17, 15) is 13.2 Å². The molecule has 1 aromatic carbocycles. The maximum absolute atomic E-state index is 11.9. The number of fused-ring (bicyclic) bond motifs is 1. The lowest BCUT2D eigenvalue weighted by molar-refractivity contribution is -0.129. The number of rotatable bonds is 4. The number of carbonyl (C=O) groups excluding carboxylic acids is 1. The first-order valence-electron chi connectivity index (χ1n) is 6.62. The van der Waals surface area contributed by atoms with Crippen molar-refractivity contribution in [2.45, 2.75) is 17.9 Å². The summed E-state index contributed by atoms with van der Waals surface area (Å²) in [6.45, 7) is 1.72. The van der Waals surface area contributed by atoms with E-state index in [4.69, 9.17) is 0 Å². The molecular formula is C14H18N4O3S. The van der Waals surface area contributed by atoms with E-state index in [1.165, 1.54) is 23.4 Å². The Kier molecular flexibility index (Phi) is 4.32. The minimum atomic E-state index is -3.33. The normalized spacial score (nSPS) is 12.9. The fourth-order valence-electron chi connectivity index (χ4n) is 2.04. The van der Waals surface area contributed by atoms with E-state index in [0.29, 0.717) is 16.7 Å². The zero-order valence-corrected chi connectivity index (χ0v) is 13.7. The first-order chi connectivity index (χ1) is 10.2. The van der Waals surface area contributed by atoms with E-state index < -0.39 is 15.9 Å². The van der Waals surface area contributed by atoms with Gasteiger partial charge < -0.3 is 10.2 Å². The summed E-state index contributed by atoms with van der Waals surface area (Å²) in [4.78, 5) is 21.8. The molecule has 118 valence electrons. The lowest BCUT2D eigenvalue weighted by Gasteiger charge is -2.19. The molecule has 8 heteroatoms. The first-order valence-corrected chi connectivity index (χ1v) is 8.52. The van der Waals surface area contributed by atoms with Gasteiger partial charge in [-0.3, -0.25) is 4.79 Å². The topological polar surface area (TPSA) is 92.3 Å². The van der Waals surface area contributed by atoms with Gasteiger partial charge in [-0.2, -0.15) is 0 Å². The van der Waals surface area contributed by atoms with Crippen LogP contribution in [0.1, 0.15) is 6.92 Å². The summed E-state index contributed by atoms with van der Waals surface area (Å²) >= 11 is 0. The van der Waals surface area contributed by atoms with Crippen molar-refractivity contribution in [3.05, 3.63) is 24.5 Å². The van der Waals surface area contributed by atoms with Crippen LogP contribution in [0.3, 0.4) is 0 Å². The molecule has 0 aliphatic carbocycles. The summed E-state index contributed by atoms with van der Waals surface area (Å²) in [5, 5.41) is 3.57. The second-order valence-corrected chi connectivity index (χ2v) is 7.29. The number of nitrogens with zero attached hydrogens (tertiary/aromatic N) is 3. The van der Waals surface area contributed by atoms with Crippen LogP contribution in [0.2, 0.25) is 0 Å². The maximum Gasteiger partial charge on any atom is 0.244 e. The minimum absolute atomic E-state index is 0.106. The lowest BCUT2D eigenvalue weighted by atomic mass is 10.2. The molecule has 2 aromatic rings. The largest absolute Gasteiger partial charge is 0.358 e. The SMILES string of the molecule is C[C@H](Nc1ncnc2ccc(S(C)(=O)=O)cc12)C(=O)N(C)C.